The standard InChI is InChI=1S/C8H12BNO3/c1-6(2)13-8-5-7(9(11)12)3-4-10-8/h3-6,11-12H,1-2H3/i1D3,2D3,3D,4D,5D,6D. The van der Waals surface area contributed by atoms with Gasteiger partial charge in [0, 0.05) is 20.4 Å². The molecule has 4 nitrogen and oxygen atoms in total. The van der Waals surface area contributed by atoms with E-state index in [1.54, 1.807) is 0 Å². The first kappa shape index (κ1) is 2.97. The lowest BCUT2D eigenvalue weighted by atomic mass is 9.81. The highest BCUT2D eigenvalue weighted by atomic mass is 16.5. The van der Waals surface area contributed by atoms with E-state index >= 15 is 0 Å². The van der Waals surface area contributed by atoms with Crippen molar-refractivity contribution in [2.45, 2.75) is 19.8 Å². The minimum absolute atomic E-state index is 0.821. The van der Waals surface area contributed by atoms with E-state index in [2.05, 4.69) is 9.72 Å². The normalized spacial score (nSPS) is 24.2. The topological polar surface area (TPSA) is 62.6 Å². The van der Waals surface area contributed by atoms with E-state index in [9.17, 15) is 0 Å². The van der Waals surface area contributed by atoms with Crippen molar-refractivity contribution in [3.05, 3.63) is 18.3 Å². The molecule has 1 aromatic rings. The van der Waals surface area contributed by atoms with Crippen LogP contribution in [0.15, 0.2) is 18.3 Å². The third-order valence-electron chi connectivity index (χ3n) is 1.05. The number of nitrogens with zero attached hydrogens (tertiary/aromatic N) is 1. The summed E-state index contributed by atoms with van der Waals surface area (Å²) in [6.45, 7) is -6.93. The lowest BCUT2D eigenvalue weighted by molar-refractivity contribution is 0.233. The first-order valence-corrected chi connectivity index (χ1v) is 3.16. The van der Waals surface area contributed by atoms with E-state index < -0.39 is 56.5 Å². The van der Waals surface area contributed by atoms with Gasteiger partial charge in [-0.15, -0.1) is 0 Å². The van der Waals surface area contributed by atoms with E-state index in [0.717, 1.165) is 0 Å². The number of ether oxygens (including phenoxy) is 1. The van der Waals surface area contributed by atoms with Gasteiger partial charge in [0.2, 0.25) is 5.88 Å². The maximum absolute atomic E-state index is 9.13. The number of hydrogen-bond donors (Lipinski definition) is 2. The molecule has 0 amide bonds. The Morgan fingerprint density at radius 2 is 2.54 bits per heavy atom. The van der Waals surface area contributed by atoms with Crippen molar-refractivity contribution in [3.8, 4) is 5.88 Å². The Labute approximate surface area is 91.4 Å². The van der Waals surface area contributed by atoms with E-state index in [0.29, 0.717) is 0 Å². The fourth-order valence-electron chi connectivity index (χ4n) is 0.587. The molecule has 0 spiro atoms. The van der Waals surface area contributed by atoms with E-state index in [-0.39, 0.29) is 0 Å². The summed E-state index contributed by atoms with van der Waals surface area (Å²) in [6, 6.07) is -1.82. The van der Waals surface area contributed by atoms with E-state index in [1.807, 2.05) is 0 Å². The van der Waals surface area contributed by atoms with Crippen LogP contribution in [0, 0.1) is 0 Å². The molecule has 1 rings (SSSR count). The van der Waals surface area contributed by atoms with Gasteiger partial charge in [0.25, 0.3) is 0 Å². The van der Waals surface area contributed by atoms with Gasteiger partial charge in [0.15, 0.2) is 0 Å². The van der Waals surface area contributed by atoms with Crippen LogP contribution in [0.5, 0.6) is 5.88 Å². The van der Waals surface area contributed by atoms with Gasteiger partial charge >= 0.3 is 7.12 Å². The molecule has 0 aliphatic rings. The summed E-state index contributed by atoms with van der Waals surface area (Å²) >= 11 is 0. The van der Waals surface area contributed by atoms with Crippen molar-refractivity contribution < 1.29 is 28.5 Å². The van der Waals surface area contributed by atoms with Crippen molar-refractivity contribution in [1.29, 1.82) is 0 Å². The molecule has 0 saturated carbocycles. The third-order valence-corrected chi connectivity index (χ3v) is 1.05. The Kier molecular flexibility index (Phi) is 0.970. The fraction of sp³-hybridized carbons (Fsp3) is 0.375. The molecule has 0 radical (unpaired) electrons. The molecule has 0 aliphatic heterocycles. The molecule has 0 aromatic carbocycles. The van der Waals surface area contributed by atoms with Gasteiger partial charge in [-0.25, -0.2) is 4.98 Å². The van der Waals surface area contributed by atoms with Crippen LogP contribution < -0.4 is 10.2 Å². The van der Waals surface area contributed by atoms with Crippen molar-refractivity contribution in [2.24, 2.45) is 0 Å². The third kappa shape index (κ3) is 3.04. The minimum Gasteiger partial charge on any atom is -0.475 e. The molecule has 2 N–H and O–H groups in total. The maximum atomic E-state index is 9.13. The lowest BCUT2D eigenvalue weighted by Crippen LogP contribution is -2.30. The Hall–Kier alpha value is -1.07. The lowest BCUT2D eigenvalue weighted by Gasteiger charge is -2.08. The van der Waals surface area contributed by atoms with Gasteiger partial charge in [-0.2, -0.15) is 0 Å². The molecular formula is C8H12BNO3. The van der Waals surface area contributed by atoms with Crippen LogP contribution in [-0.2, 0) is 0 Å². The molecule has 1 heterocycles. The molecule has 0 unspecified atom stereocenters. The molecule has 0 aliphatic carbocycles. The molecule has 0 bridgehead atoms. The minimum atomic E-state index is -3.50. The van der Waals surface area contributed by atoms with Gasteiger partial charge in [0.05, 0.1) is 11.6 Å². The van der Waals surface area contributed by atoms with Crippen LogP contribution >= 0.6 is 0 Å². The first-order valence-electron chi connectivity index (χ1n) is 8.16. The molecule has 13 heavy (non-hydrogen) atoms. The Balaban J connectivity index is 3.54. The average molecular weight is 191 g/mol. The quantitative estimate of drug-likeness (QED) is 0.635. The summed E-state index contributed by atoms with van der Waals surface area (Å²) < 4.78 is 77.8. The maximum Gasteiger partial charge on any atom is 0.488 e. The van der Waals surface area contributed by atoms with Gasteiger partial charge in [0.1, 0.15) is 0 Å². The second-order valence-corrected chi connectivity index (χ2v) is 2.00. The van der Waals surface area contributed by atoms with Gasteiger partial charge in [-0.05, 0) is 25.2 Å². The summed E-state index contributed by atoms with van der Waals surface area (Å²) in [7, 11) is -2.37. The van der Waals surface area contributed by atoms with Crippen LogP contribution in [0.4, 0.5) is 0 Å². The van der Waals surface area contributed by atoms with Crippen LogP contribution in [0.3, 0.4) is 0 Å². The number of aromatic nitrogens is 1. The Bertz CT molecular complexity index is 587. The number of rotatable bonds is 3. The molecule has 0 saturated heterocycles. The zero-order valence-electron chi connectivity index (χ0n) is 16.3. The second-order valence-electron chi connectivity index (χ2n) is 2.00. The molecule has 70 valence electrons. The Morgan fingerprint density at radius 3 is 3.15 bits per heavy atom. The molecular weight excluding hydrogens is 169 g/mol. The summed E-state index contributed by atoms with van der Waals surface area (Å²) in [6.07, 6.45) is -4.41. The smallest absolute Gasteiger partial charge is 0.475 e. The van der Waals surface area contributed by atoms with Crippen LogP contribution in [-0.4, -0.2) is 28.2 Å². The molecule has 0 fully saturated rings. The number of hydrogen-bond acceptors (Lipinski definition) is 4. The van der Waals surface area contributed by atoms with Gasteiger partial charge in [-0.3, -0.25) is 0 Å². The Morgan fingerprint density at radius 1 is 1.77 bits per heavy atom. The van der Waals surface area contributed by atoms with Crippen LogP contribution in [0.2, 0.25) is 0 Å². The largest absolute Gasteiger partial charge is 0.488 e. The second kappa shape index (κ2) is 4.25. The van der Waals surface area contributed by atoms with Gasteiger partial charge in [-0.1, -0.05) is 0 Å². The highest BCUT2D eigenvalue weighted by Crippen LogP contribution is 2.04. The molecule has 0 atom stereocenters. The summed E-state index contributed by atoms with van der Waals surface area (Å²) in [5.41, 5.74) is -0.821. The predicted molar refractivity (Wildman–Crippen MR) is 49.8 cm³/mol. The molecule has 1 aromatic heterocycles. The monoisotopic (exact) mass is 191 g/mol. The van der Waals surface area contributed by atoms with Crippen molar-refractivity contribution >= 4 is 12.6 Å². The highest BCUT2D eigenvalue weighted by Gasteiger charge is 2.11. The zero-order valence-corrected chi connectivity index (χ0v) is 6.33. The number of pyridine rings is 1. The summed E-state index contributed by atoms with van der Waals surface area (Å²) in [5.74, 6) is -1.07. The van der Waals surface area contributed by atoms with Gasteiger partial charge < -0.3 is 14.8 Å². The fourth-order valence-corrected chi connectivity index (χ4v) is 0.587. The summed E-state index contributed by atoms with van der Waals surface area (Å²) in [4.78, 5) is 3.25. The predicted octanol–water partition coefficient (Wildman–Crippen LogP) is -0.451. The van der Waals surface area contributed by atoms with Crippen molar-refractivity contribution in [2.75, 3.05) is 0 Å². The first-order chi connectivity index (χ1) is 10.1. The van der Waals surface area contributed by atoms with E-state index in [4.69, 9.17) is 23.8 Å². The van der Waals surface area contributed by atoms with Crippen molar-refractivity contribution in [3.63, 3.8) is 0 Å². The van der Waals surface area contributed by atoms with Crippen molar-refractivity contribution in [1.82, 2.24) is 4.98 Å². The van der Waals surface area contributed by atoms with Crippen LogP contribution in [0.1, 0.15) is 27.4 Å². The molecule has 5 heteroatoms. The average Bonchev–Trinajstić information content (AvgIpc) is 2.32. The van der Waals surface area contributed by atoms with Crippen LogP contribution in [0.25, 0.3) is 0 Å². The summed E-state index contributed by atoms with van der Waals surface area (Å²) in [5, 5.41) is 18.3. The zero-order chi connectivity index (χ0) is 18.4. The SMILES string of the molecule is [2H]c1nc(OC([2H])(C([2H])([2H])[2H])C([2H])([2H])[2H])c([2H])c(B(O)O)c1[2H]. The highest BCUT2D eigenvalue weighted by molar-refractivity contribution is 6.58. The van der Waals surface area contributed by atoms with E-state index in [1.165, 1.54) is 0 Å².